The molecule has 3 nitrogen and oxygen atoms in total. The van der Waals surface area contributed by atoms with Crippen LogP contribution in [0.3, 0.4) is 0 Å². The monoisotopic (exact) mass is 313 g/mol. The highest BCUT2D eigenvalue weighted by atomic mass is 127. The molecule has 0 saturated heterocycles. The van der Waals surface area contributed by atoms with Crippen molar-refractivity contribution in [3.05, 3.63) is 28.1 Å². The molecule has 15 heavy (non-hydrogen) atoms. The minimum Gasteiger partial charge on any atom is -0.367 e. The van der Waals surface area contributed by atoms with Crippen LogP contribution in [-0.4, -0.2) is 16.0 Å². The SMILES string of the molecule is CC(C)Nc1ncnc2ccc(I)cc12. The van der Waals surface area contributed by atoms with Gasteiger partial charge >= 0.3 is 0 Å². The molecule has 0 spiro atoms. The maximum atomic E-state index is 4.26. The summed E-state index contributed by atoms with van der Waals surface area (Å²) in [5.41, 5.74) is 0.980. The zero-order valence-electron chi connectivity index (χ0n) is 8.66. The van der Waals surface area contributed by atoms with Crippen LogP contribution in [0.15, 0.2) is 24.5 Å². The maximum Gasteiger partial charge on any atom is 0.137 e. The van der Waals surface area contributed by atoms with Gasteiger partial charge in [0, 0.05) is 15.0 Å². The summed E-state index contributed by atoms with van der Waals surface area (Å²) in [5, 5.41) is 4.40. The molecule has 0 fully saturated rings. The molecule has 1 heterocycles. The Morgan fingerprint density at radius 2 is 2.07 bits per heavy atom. The van der Waals surface area contributed by atoms with Crippen LogP contribution in [0.2, 0.25) is 0 Å². The van der Waals surface area contributed by atoms with Crippen molar-refractivity contribution in [2.75, 3.05) is 5.32 Å². The third-order valence-corrected chi connectivity index (χ3v) is 2.69. The molecule has 0 aliphatic heterocycles. The van der Waals surface area contributed by atoms with Crippen LogP contribution in [0, 0.1) is 3.57 Å². The summed E-state index contributed by atoms with van der Waals surface area (Å²) in [6.45, 7) is 4.20. The summed E-state index contributed by atoms with van der Waals surface area (Å²) in [6, 6.07) is 6.54. The highest BCUT2D eigenvalue weighted by Gasteiger charge is 2.04. The molecular formula is C11H12IN3. The van der Waals surface area contributed by atoms with Crippen LogP contribution in [0.1, 0.15) is 13.8 Å². The Morgan fingerprint density at radius 3 is 2.80 bits per heavy atom. The first-order chi connectivity index (χ1) is 7.16. The van der Waals surface area contributed by atoms with E-state index in [1.165, 1.54) is 3.57 Å². The van der Waals surface area contributed by atoms with Crippen LogP contribution < -0.4 is 5.32 Å². The average molecular weight is 313 g/mol. The van der Waals surface area contributed by atoms with Gasteiger partial charge in [0.05, 0.1) is 5.52 Å². The second kappa shape index (κ2) is 4.30. The number of nitrogens with zero attached hydrogens (tertiary/aromatic N) is 2. The van der Waals surface area contributed by atoms with Crippen molar-refractivity contribution in [3.63, 3.8) is 0 Å². The van der Waals surface area contributed by atoms with E-state index in [1.807, 2.05) is 6.07 Å². The molecule has 78 valence electrons. The zero-order chi connectivity index (χ0) is 10.8. The van der Waals surface area contributed by atoms with Gasteiger partial charge in [-0.3, -0.25) is 0 Å². The number of hydrogen-bond acceptors (Lipinski definition) is 3. The van der Waals surface area contributed by atoms with Gasteiger partial charge in [0.2, 0.25) is 0 Å². The van der Waals surface area contributed by atoms with E-state index in [1.54, 1.807) is 6.33 Å². The molecule has 0 unspecified atom stereocenters. The van der Waals surface area contributed by atoms with Gasteiger partial charge in [-0.1, -0.05) is 0 Å². The largest absolute Gasteiger partial charge is 0.367 e. The van der Waals surface area contributed by atoms with Gasteiger partial charge in [0.25, 0.3) is 0 Å². The number of anilines is 1. The predicted molar refractivity (Wildman–Crippen MR) is 71.0 cm³/mol. The molecule has 0 amide bonds. The maximum absolute atomic E-state index is 4.26. The third-order valence-electron chi connectivity index (χ3n) is 2.02. The number of fused-ring (bicyclic) bond motifs is 1. The van der Waals surface area contributed by atoms with Crippen molar-refractivity contribution >= 4 is 39.3 Å². The topological polar surface area (TPSA) is 37.8 Å². The third kappa shape index (κ3) is 2.37. The van der Waals surface area contributed by atoms with Crippen LogP contribution in [0.25, 0.3) is 10.9 Å². The van der Waals surface area contributed by atoms with E-state index in [0.29, 0.717) is 6.04 Å². The number of hydrogen-bond donors (Lipinski definition) is 1. The van der Waals surface area contributed by atoms with Crippen molar-refractivity contribution in [3.8, 4) is 0 Å². The van der Waals surface area contributed by atoms with Crippen LogP contribution in [0.5, 0.6) is 0 Å². The average Bonchev–Trinajstić information content (AvgIpc) is 2.18. The summed E-state index contributed by atoms with van der Waals surface area (Å²) in [7, 11) is 0. The molecule has 2 rings (SSSR count). The van der Waals surface area contributed by atoms with E-state index >= 15 is 0 Å². The van der Waals surface area contributed by atoms with E-state index in [0.717, 1.165) is 16.7 Å². The lowest BCUT2D eigenvalue weighted by Crippen LogP contribution is -2.11. The second-order valence-corrected chi connectivity index (χ2v) is 4.93. The fraction of sp³-hybridized carbons (Fsp3) is 0.273. The highest BCUT2D eigenvalue weighted by Crippen LogP contribution is 2.21. The fourth-order valence-corrected chi connectivity index (χ4v) is 1.91. The van der Waals surface area contributed by atoms with Gasteiger partial charge in [0.1, 0.15) is 12.1 Å². The number of halogens is 1. The summed E-state index contributed by atoms with van der Waals surface area (Å²) in [6.07, 6.45) is 1.60. The van der Waals surface area contributed by atoms with Crippen LogP contribution in [-0.2, 0) is 0 Å². The van der Waals surface area contributed by atoms with Gasteiger partial charge in [0.15, 0.2) is 0 Å². The molecule has 0 bridgehead atoms. The Balaban J connectivity index is 2.58. The van der Waals surface area contributed by atoms with E-state index in [4.69, 9.17) is 0 Å². The first kappa shape index (κ1) is 10.6. The van der Waals surface area contributed by atoms with Crippen molar-refractivity contribution in [2.45, 2.75) is 19.9 Å². The molecule has 0 radical (unpaired) electrons. The Bertz CT molecular complexity index is 482. The van der Waals surface area contributed by atoms with E-state index < -0.39 is 0 Å². The van der Waals surface area contributed by atoms with Gasteiger partial charge in [-0.25, -0.2) is 9.97 Å². The van der Waals surface area contributed by atoms with Crippen molar-refractivity contribution in [1.82, 2.24) is 9.97 Å². The van der Waals surface area contributed by atoms with E-state index in [9.17, 15) is 0 Å². The van der Waals surface area contributed by atoms with Gasteiger partial charge in [-0.15, -0.1) is 0 Å². The zero-order valence-corrected chi connectivity index (χ0v) is 10.8. The molecule has 4 heteroatoms. The fourth-order valence-electron chi connectivity index (χ4n) is 1.42. The summed E-state index contributed by atoms with van der Waals surface area (Å²) in [4.78, 5) is 8.50. The molecular weight excluding hydrogens is 301 g/mol. The predicted octanol–water partition coefficient (Wildman–Crippen LogP) is 3.05. The first-order valence-electron chi connectivity index (χ1n) is 4.83. The number of benzene rings is 1. The quantitative estimate of drug-likeness (QED) is 0.866. The number of nitrogens with one attached hydrogen (secondary N) is 1. The van der Waals surface area contributed by atoms with Gasteiger partial charge in [-0.05, 0) is 54.6 Å². The molecule has 0 saturated carbocycles. The summed E-state index contributed by atoms with van der Waals surface area (Å²) >= 11 is 2.29. The van der Waals surface area contributed by atoms with E-state index in [2.05, 4.69) is 63.9 Å². The normalized spacial score (nSPS) is 10.9. The van der Waals surface area contributed by atoms with Crippen molar-refractivity contribution in [2.24, 2.45) is 0 Å². The lowest BCUT2D eigenvalue weighted by molar-refractivity contribution is 0.890. The summed E-state index contributed by atoms with van der Waals surface area (Å²) < 4.78 is 1.20. The van der Waals surface area contributed by atoms with Crippen LogP contribution in [0.4, 0.5) is 5.82 Å². The molecule has 2 aromatic rings. The Kier molecular flexibility index (Phi) is 3.04. The standard InChI is InChI=1S/C11H12IN3/c1-7(2)15-11-9-5-8(12)3-4-10(9)13-6-14-11/h3-7H,1-2H3,(H,13,14,15). The first-order valence-corrected chi connectivity index (χ1v) is 5.91. The molecule has 1 aromatic carbocycles. The molecule has 0 atom stereocenters. The summed E-state index contributed by atoms with van der Waals surface area (Å²) in [5.74, 6) is 0.911. The molecule has 1 N–H and O–H groups in total. The lowest BCUT2D eigenvalue weighted by atomic mass is 10.2. The van der Waals surface area contributed by atoms with Gasteiger partial charge in [-0.2, -0.15) is 0 Å². The number of aromatic nitrogens is 2. The molecule has 0 aliphatic carbocycles. The van der Waals surface area contributed by atoms with E-state index in [-0.39, 0.29) is 0 Å². The Morgan fingerprint density at radius 1 is 1.27 bits per heavy atom. The Hall–Kier alpha value is -0.910. The minimum absolute atomic E-state index is 0.376. The van der Waals surface area contributed by atoms with Gasteiger partial charge < -0.3 is 5.32 Å². The smallest absolute Gasteiger partial charge is 0.137 e. The Labute approximate surface area is 102 Å². The van der Waals surface area contributed by atoms with Crippen LogP contribution >= 0.6 is 22.6 Å². The second-order valence-electron chi connectivity index (χ2n) is 3.68. The molecule has 1 aromatic heterocycles. The highest BCUT2D eigenvalue weighted by molar-refractivity contribution is 14.1. The van der Waals surface area contributed by atoms with Crippen molar-refractivity contribution in [1.29, 1.82) is 0 Å². The lowest BCUT2D eigenvalue weighted by Gasteiger charge is -2.10. The van der Waals surface area contributed by atoms with Crippen molar-refractivity contribution < 1.29 is 0 Å². The minimum atomic E-state index is 0.376. The molecule has 0 aliphatic rings. The number of rotatable bonds is 2.